The topological polar surface area (TPSA) is 183 Å². The Kier molecular flexibility index (Phi) is 12.0. The summed E-state index contributed by atoms with van der Waals surface area (Å²) in [4.78, 5) is 70.0. The largest absolute Gasteiger partial charge is 0.453 e. The lowest BCUT2D eigenvalue weighted by Gasteiger charge is -2.30. The van der Waals surface area contributed by atoms with Crippen molar-refractivity contribution >= 4 is 35.0 Å². The van der Waals surface area contributed by atoms with Crippen molar-refractivity contribution in [2.75, 3.05) is 20.8 Å². The summed E-state index contributed by atoms with van der Waals surface area (Å²) in [7, 11) is 2.60. The molecule has 14 heteroatoms. The molecule has 64 heavy (non-hydrogen) atoms. The van der Waals surface area contributed by atoms with Gasteiger partial charge in [-0.1, -0.05) is 83.0 Å². The van der Waals surface area contributed by atoms with Gasteiger partial charge >= 0.3 is 12.2 Å². The lowest BCUT2D eigenvalue weighted by molar-refractivity contribution is -0.135. The standard InChI is InChI=1S/C50H60N8O6/c1-26(2)43(56-49(61)63-5)47(59)55-38(22-28-9-10-28)45-52-36-20-17-31(24-37(36)53-45)35-19-18-34(41-32-15-16-33(23-32)42(35)41)29-11-13-30(14-12-29)39-25-51-46(54-39)40-8-7-21-58(40)48(60)44(27(3)4)57-50(62)64-6/h11-14,17-20,24-28,32-33,38,40,43-44H,7-10,15-16,21-23H2,1-6H3,(H,51,54)(H,52,53)(H,55,59)(H,56,61)(H,57,62)/t32?,33?,38-,40-,43-,44-/m0/s1. The van der Waals surface area contributed by atoms with Crippen LogP contribution in [-0.4, -0.2) is 81.7 Å². The molecule has 1 aliphatic heterocycles. The monoisotopic (exact) mass is 868 g/mol. The molecular weight excluding hydrogens is 809 g/mol. The number of hydrogen-bond donors (Lipinski definition) is 5. The van der Waals surface area contributed by atoms with Crippen molar-refractivity contribution in [1.29, 1.82) is 0 Å². The molecule has 2 unspecified atom stereocenters. The Labute approximate surface area is 374 Å². The van der Waals surface area contributed by atoms with E-state index in [9.17, 15) is 19.2 Å². The van der Waals surface area contributed by atoms with E-state index in [2.05, 4.69) is 80.5 Å². The average molecular weight is 869 g/mol. The highest BCUT2D eigenvalue weighted by Gasteiger charge is 2.41. The molecule has 0 spiro atoms. The highest BCUT2D eigenvalue weighted by Crippen LogP contribution is 2.58. The SMILES string of the molecule is COC(=O)N[C@H](C(=O)N[C@@H](CC1CC1)c1nc2ccc(-c3ccc(-c4ccc(-c5cnc([C@@H]6CCCN6C(=O)[C@@H](NC(=O)OC)C(C)C)[nH]5)cc4)c4c3C3CCC4C3)cc2[nH]1)C(C)C. The van der Waals surface area contributed by atoms with Gasteiger partial charge in [0.2, 0.25) is 11.8 Å². The van der Waals surface area contributed by atoms with Crippen LogP contribution in [-0.2, 0) is 19.1 Å². The molecule has 2 saturated carbocycles. The summed E-state index contributed by atoms with van der Waals surface area (Å²) in [6, 6.07) is 17.8. The smallest absolute Gasteiger partial charge is 0.407 e. The third kappa shape index (κ3) is 8.46. The molecular formula is C50H60N8O6. The molecule has 2 aromatic heterocycles. The van der Waals surface area contributed by atoms with Gasteiger partial charge in [-0.05, 0) is 119 Å². The number of fused-ring (bicyclic) bond motifs is 6. The maximum absolute atomic E-state index is 13.7. The first-order valence-electron chi connectivity index (χ1n) is 23.0. The van der Waals surface area contributed by atoms with Crippen LogP contribution in [0.4, 0.5) is 9.59 Å². The maximum atomic E-state index is 13.7. The molecule has 3 aliphatic carbocycles. The third-order valence-corrected chi connectivity index (χ3v) is 14.0. The van der Waals surface area contributed by atoms with Crippen LogP contribution >= 0.6 is 0 Å². The Morgan fingerprint density at radius 1 is 0.750 bits per heavy atom. The molecule has 4 aliphatic rings. The summed E-state index contributed by atoms with van der Waals surface area (Å²) in [5.74, 6) is 2.43. The van der Waals surface area contributed by atoms with Gasteiger partial charge < -0.3 is 40.3 Å². The minimum atomic E-state index is -0.732. The number of alkyl carbamates (subject to hydrolysis) is 2. The number of aromatic amines is 2. The Morgan fingerprint density at radius 3 is 2.02 bits per heavy atom. The maximum Gasteiger partial charge on any atom is 0.407 e. The molecule has 3 aromatic carbocycles. The Bertz CT molecular complexity index is 2560. The van der Waals surface area contributed by atoms with E-state index in [0.717, 1.165) is 71.6 Å². The Balaban J connectivity index is 0.949. The number of methoxy groups -OCH3 is 2. The minimum Gasteiger partial charge on any atom is -0.453 e. The zero-order valence-corrected chi connectivity index (χ0v) is 37.6. The van der Waals surface area contributed by atoms with Gasteiger partial charge in [-0.3, -0.25) is 9.59 Å². The average Bonchev–Trinajstić information content (AvgIpc) is 3.88. The highest BCUT2D eigenvalue weighted by molar-refractivity contribution is 5.89. The summed E-state index contributed by atoms with van der Waals surface area (Å²) >= 11 is 0. The first-order valence-corrected chi connectivity index (χ1v) is 23.0. The number of rotatable bonds is 14. The number of carbonyl (C=O) groups excluding carboxylic acids is 4. The molecule has 0 radical (unpaired) electrons. The van der Waals surface area contributed by atoms with Crippen molar-refractivity contribution in [3.05, 3.63) is 83.6 Å². The fraction of sp³-hybridized carbons (Fsp3) is 0.480. The minimum absolute atomic E-state index is 0.103. The summed E-state index contributed by atoms with van der Waals surface area (Å²) in [6.07, 6.45) is 8.86. The van der Waals surface area contributed by atoms with Crippen molar-refractivity contribution in [2.24, 2.45) is 17.8 Å². The second-order valence-corrected chi connectivity index (χ2v) is 19.0. The molecule has 5 aromatic rings. The van der Waals surface area contributed by atoms with Crippen LogP contribution < -0.4 is 16.0 Å². The van der Waals surface area contributed by atoms with Crippen molar-refractivity contribution < 1.29 is 28.7 Å². The van der Waals surface area contributed by atoms with Crippen molar-refractivity contribution in [1.82, 2.24) is 40.8 Å². The first kappa shape index (κ1) is 43.1. The van der Waals surface area contributed by atoms with Gasteiger partial charge in [0.05, 0.1) is 49.2 Å². The number of H-pyrrole nitrogens is 2. The van der Waals surface area contributed by atoms with Gasteiger partial charge in [-0.2, -0.15) is 0 Å². The predicted molar refractivity (Wildman–Crippen MR) is 244 cm³/mol. The second-order valence-electron chi connectivity index (χ2n) is 19.0. The molecule has 2 bridgehead atoms. The van der Waals surface area contributed by atoms with Gasteiger partial charge in [-0.25, -0.2) is 19.6 Å². The van der Waals surface area contributed by atoms with Crippen molar-refractivity contribution in [3.63, 3.8) is 0 Å². The van der Waals surface area contributed by atoms with E-state index >= 15 is 0 Å². The lowest BCUT2D eigenvalue weighted by atomic mass is 9.81. The summed E-state index contributed by atoms with van der Waals surface area (Å²) in [5.41, 5.74) is 11.5. The third-order valence-electron chi connectivity index (χ3n) is 14.0. The van der Waals surface area contributed by atoms with Crippen molar-refractivity contribution in [2.45, 2.75) is 115 Å². The quantitative estimate of drug-likeness (QED) is 0.0732. The number of aromatic nitrogens is 4. The van der Waals surface area contributed by atoms with Gasteiger partial charge in [0.25, 0.3) is 0 Å². The van der Waals surface area contributed by atoms with Gasteiger partial charge in [0.15, 0.2) is 0 Å². The van der Waals surface area contributed by atoms with Gasteiger partial charge in [0.1, 0.15) is 23.7 Å². The molecule has 336 valence electrons. The van der Waals surface area contributed by atoms with Crippen LogP contribution in [0.15, 0.2) is 60.8 Å². The number of ether oxygens (including phenoxy) is 2. The molecule has 14 nitrogen and oxygen atoms in total. The number of hydrogen-bond acceptors (Lipinski definition) is 8. The molecule has 5 N–H and O–H groups in total. The van der Waals surface area contributed by atoms with Gasteiger partial charge in [0, 0.05) is 6.54 Å². The Hall–Kier alpha value is -6.18. The van der Waals surface area contributed by atoms with Crippen LogP contribution in [0.5, 0.6) is 0 Å². The van der Waals surface area contributed by atoms with Crippen LogP contribution in [0.1, 0.15) is 126 Å². The van der Waals surface area contributed by atoms with Crippen LogP contribution in [0.25, 0.3) is 44.5 Å². The number of nitrogens with one attached hydrogen (secondary N) is 5. The van der Waals surface area contributed by atoms with E-state index in [-0.39, 0.29) is 35.7 Å². The van der Waals surface area contributed by atoms with E-state index in [1.807, 2.05) is 38.8 Å². The van der Waals surface area contributed by atoms with E-state index in [1.54, 1.807) is 0 Å². The molecule has 4 amide bonds. The number of likely N-dealkylation sites (tertiary alicyclic amines) is 1. The summed E-state index contributed by atoms with van der Waals surface area (Å²) in [6.45, 7) is 8.23. The second kappa shape index (κ2) is 17.8. The molecule has 6 atom stereocenters. The van der Waals surface area contributed by atoms with Crippen LogP contribution in [0.2, 0.25) is 0 Å². The first-order chi connectivity index (χ1) is 30.9. The molecule has 3 heterocycles. The van der Waals surface area contributed by atoms with Crippen LogP contribution in [0, 0.1) is 17.8 Å². The molecule has 9 rings (SSSR count). The summed E-state index contributed by atoms with van der Waals surface area (Å²) in [5, 5.41) is 8.62. The van der Waals surface area contributed by atoms with Crippen molar-refractivity contribution in [3.8, 4) is 33.5 Å². The molecule has 1 saturated heterocycles. The normalized spacial score (nSPS) is 20.3. The van der Waals surface area contributed by atoms with Crippen LogP contribution in [0.3, 0.4) is 0 Å². The highest BCUT2D eigenvalue weighted by atomic mass is 16.5. The molecule has 3 fully saturated rings. The van der Waals surface area contributed by atoms with Gasteiger partial charge in [-0.15, -0.1) is 0 Å². The number of nitrogens with zero attached hydrogens (tertiary/aromatic N) is 3. The number of benzene rings is 3. The fourth-order valence-corrected chi connectivity index (χ4v) is 10.5. The zero-order valence-electron chi connectivity index (χ0n) is 37.6. The zero-order chi connectivity index (χ0) is 44.8. The lowest BCUT2D eigenvalue weighted by Crippen LogP contribution is -2.51. The number of imidazole rings is 2. The van der Waals surface area contributed by atoms with E-state index in [0.29, 0.717) is 24.3 Å². The number of amides is 4. The van der Waals surface area contributed by atoms with E-state index in [1.165, 1.54) is 61.3 Å². The number of carbonyl (C=O) groups is 4. The van der Waals surface area contributed by atoms with E-state index < -0.39 is 24.3 Å². The summed E-state index contributed by atoms with van der Waals surface area (Å²) < 4.78 is 9.59. The van der Waals surface area contributed by atoms with E-state index in [4.69, 9.17) is 19.4 Å². The predicted octanol–water partition coefficient (Wildman–Crippen LogP) is 9.03. The fourth-order valence-electron chi connectivity index (χ4n) is 10.5. The Morgan fingerprint density at radius 2 is 1.38 bits per heavy atom.